The van der Waals surface area contributed by atoms with Crippen LogP contribution < -0.4 is 0 Å². The van der Waals surface area contributed by atoms with Crippen molar-refractivity contribution < 1.29 is 14.3 Å². The summed E-state index contributed by atoms with van der Waals surface area (Å²) in [5.41, 5.74) is 0. The Morgan fingerprint density at radius 2 is 1.91 bits per heavy atom. The Bertz CT molecular complexity index is 393. The molecule has 4 nitrogen and oxygen atoms in total. The highest BCUT2D eigenvalue weighted by atomic mass is 32.2. The largest absolute Gasteiger partial charge is 0.464 e. The van der Waals surface area contributed by atoms with Crippen LogP contribution in [-0.2, 0) is 14.3 Å². The SMILES string of the molecule is CCOC(=O)C1CSC(C2CCCCC2)N1C(=O)CC(C)C. The molecule has 2 rings (SSSR count). The Hall–Kier alpha value is -0.710. The number of carbonyl (C=O) groups excluding carboxylic acids is 2. The van der Waals surface area contributed by atoms with Gasteiger partial charge in [-0.05, 0) is 31.6 Å². The van der Waals surface area contributed by atoms with Gasteiger partial charge in [0.15, 0.2) is 0 Å². The summed E-state index contributed by atoms with van der Waals surface area (Å²) in [7, 11) is 0. The van der Waals surface area contributed by atoms with Crippen molar-refractivity contribution in [2.45, 2.75) is 70.7 Å². The van der Waals surface area contributed by atoms with Crippen LogP contribution >= 0.6 is 11.8 Å². The first-order valence-electron chi connectivity index (χ1n) is 8.64. The molecule has 1 heterocycles. The molecular weight excluding hydrogens is 298 g/mol. The number of ether oxygens (including phenoxy) is 1. The molecule has 0 bridgehead atoms. The van der Waals surface area contributed by atoms with Crippen LogP contribution in [0.5, 0.6) is 0 Å². The van der Waals surface area contributed by atoms with E-state index in [9.17, 15) is 9.59 Å². The van der Waals surface area contributed by atoms with E-state index in [0.29, 0.717) is 30.6 Å². The van der Waals surface area contributed by atoms with E-state index in [-0.39, 0.29) is 23.3 Å². The molecule has 0 spiro atoms. The van der Waals surface area contributed by atoms with Crippen molar-refractivity contribution in [1.82, 2.24) is 4.90 Å². The van der Waals surface area contributed by atoms with E-state index in [4.69, 9.17) is 4.74 Å². The topological polar surface area (TPSA) is 46.6 Å². The number of carbonyl (C=O) groups is 2. The van der Waals surface area contributed by atoms with Crippen molar-refractivity contribution in [2.75, 3.05) is 12.4 Å². The van der Waals surface area contributed by atoms with E-state index in [1.165, 1.54) is 32.1 Å². The fourth-order valence-electron chi connectivity index (χ4n) is 3.50. The molecule has 2 unspecified atom stereocenters. The van der Waals surface area contributed by atoms with Crippen molar-refractivity contribution in [1.29, 1.82) is 0 Å². The van der Waals surface area contributed by atoms with Crippen LogP contribution in [0.15, 0.2) is 0 Å². The molecule has 0 aromatic carbocycles. The van der Waals surface area contributed by atoms with Crippen molar-refractivity contribution in [3.8, 4) is 0 Å². The smallest absolute Gasteiger partial charge is 0.329 e. The Morgan fingerprint density at radius 3 is 2.50 bits per heavy atom. The summed E-state index contributed by atoms with van der Waals surface area (Å²) in [6.45, 7) is 6.30. The van der Waals surface area contributed by atoms with Gasteiger partial charge in [-0.2, -0.15) is 0 Å². The quantitative estimate of drug-likeness (QED) is 0.726. The molecule has 22 heavy (non-hydrogen) atoms. The molecule has 1 saturated heterocycles. The molecule has 0 radical (unpaired) electrons. The van der Waals surface area contributed by atoms with Crippen LogP contribution in [0, 0.1) is 11.8 Å². The molecule has 1 aliphatic heterocycles. The fourth-order valence-corrected chi connectivity index (χ4v) is 5.15. The number of esters is 1. The van der Waals surface area contributed by atoms with Crippen LogP contribution in [0.2, 0.25) is 0 Å². The predicted molar refractivity (Wildman–Crippen MR) is 89.5 cm³/mol. The molecule has 0 aromatic rings. The lowest BCUT2D eigenvalue weighted by atomic mass is 9.88. The first-order chi connectivity index (χ1) is 10.5. The van der Waals surface area contributed by atoms with Gasteiger partial charge in [-0.25, -0.2) is 4.79 Å². The molecule has 5 heteroatoms. The highest BCUT2D eigenvalue weighted by Crippen LogP contribution is 2.41. The minimum Gasteiger partial charge on any atom is -0.464 e. The maximum atomic E-state index is 12.7. The summed E-state index contributed by atoms with van der Waals surface area (Å²) in [5, 5.41) is 0.168. The Labute approximate surface area is 138 Å². The van der Waals surface area contributed by atoms with E-state index in [1.54, 1.807) is 11.8 Å². The fraction of sp³-hybridized carbons (Fsp3) is 0.882. The first-order valence-corrected chi connectivity index (χ1v) is 9.68. The number of rotatable bonds is 5. The van der Waals surface area contributed by atoms with Gasteiger partial charge in [0.2, 0.25) is 5.91 Å². The van der Waals surface area contributed by atoms with Gasteiger partial charge in [-0.1, -0.05) is 33.1 Å². The van der Waals surface area contributed by atoms with Crippen molar-refractivity contribution in [3.63, 3.8) is 0 Å². The number of hydrogen-bond acceptors (Lipinski definition) is 4. The third-order valence-corrected chi connectivity index (χ3v) is 5.98. The summed E-state index contributed by atoms with van der Waals surface area (Å²) >= 11 is 1.78. The van der Waals surface area contributed by atoms with Crippen LogP contribution in [0.1, 0.15) is 59.3 Å². The van der Waals surface area contributed by atoms with Gasteiger partial charge in [0.25, 0.3) is 0 Å². The highest BCUT2D eigenvalue weighted by Gasteiger charge is 2.45. The lowest BCUT2D eigenvalue weighted by molar-refractivity contribution is -0.154. The van der Waals surface area contributed by atoms with E-state index >= 15 is 0 Å². The van der Waals surface area contributed by atoms with E-state index < -0.39 is 0 Å². The molecule has 126 valence electrons. The summed E-state index contributed by atoms with van der Waals surface area (Å²) in [6.07, 6.45) is 6.67. The van der Waals surface area contributed by atoms with Crippen LogP contribution in [0.4, 0.5) is 0 Å². The zero-order chi connectivity index (χ0) is 16.1. The van der Waals surface area contributed by atoms with Gasteiger partial charge in [-0.15, -0.1) is 11.8 Å². The monoisotopic (exact) mass is 327 g/mol. The Balaban J connectivity index is 2.13. The maximum Gasteiger partial charge on any atom is 0.329 e. The molecule has 0 N–H and O–H groups in total. The number of thioether (sulfide) groups is 1. The third kappa shape index (κ3) is 4.18. The van der Waals surface area contributed by atoms with E-state index in [0.717, 1.165) is 0 Å². The summed E-state index contributed by atoms with van der Waals surface area (Å²) < 4.78 is 5.20. The lowest BCUT2D eigenvalue weighted by Crippen LogP contribution is -2.49. The predicted octanol–water partition coefficient (Wildman–Crippen LogP) is 3.45. The van der Waals surface area contributed by atoms with Crippen molar-refractivity contribution >= 4 is 23.6 Å². The molecule has 1 aliphatic carbocycles. The summed E-state index contributed by atoms with van der Waals surface area (Å²) in [5.74, 6) is 1.42. The normalized spacial score (nSPS) is 26.5. The Morgan fingerprint density at radius 1 is 1.23 bits per heavy atom. The molecular formula is C17H29NO3S. The molecule has 1 amide bonds. The average molecular weight is 327 g/mol. The van der Waals surface area contributed by atoms with E-state index in [2.05, 4.69) is 13.8 Å². The maximum absolute atomic E-state index is 12.7. The molecule has 0 aromatic heterocycles. The van der Waals surface area contributed by atoms with Gasteiger partial charge in [-0.3, -0.25) is 4.79 Å². The number of amides is 1. The standard InChI is InChI=1S/C17H29NO3S/c1-4-21-17(20)14-11-22-16(13-8-6-5-7-9-13)18(14)15(19)10-12(2)3/h12-14,16H,4-11H2,1-3H3. The second kappa shape index (κ2) is 8.23. The van der Waals surface area contributed by atoms with Crippen LogP contribution in [-0.4, -0.2) is 40.6 Å². The number of hydrogen-bond donors (Lipinski definition) is 0. The van der Waals surface area contributed by atoms with Crippen LogP contribution in [0.25, 0.3) is 0 Å². The molecule has 2 aliphatic rings. The zero-order valence-electron chi connectivity index (χ0n) is 14.0. The zero-order valence-corrected chi connectivity index (χ0v) is 14.9. The lowest BCUT2D eigenvalue weighted by Gasteiger charge is -2.35. The second-order valence-electron chi connectivity index (χ2n) is 6.79. The second-order valence-corrected chi connectivity index (χ2v) is 7.94. The van der Waals surface area contributed by atoms with Crippen molar-refractivity contribution in [2.24, 2.45) is 11.8 Å². The van der Waals surface area contributed by atoms with Crippen LogP contribution in [0.3, 0.4) is 0 Å². The minimum absolute atomic E-state index is 0.119. The first kappa shape index (κ1) is 17.6. The van der Waals surface area contributed by atoms with Gasteiger partial charge < -0.3 is 9.64 Å². The molecule has 2 fully saturated rings. The minimum atomic E-state index is -0.386. The van der Waals surface area contributed by atoms with Gasteiger partial charge in [0.05, 0.1) is 12.0 Å². The van der Waals surface area contributed by atoms with E-state index in [1.807, 2.05) is 11.8 Å². The van der Waals surface area contributed by atoms with Crippen molar-refractivity contribution in [3.05, 3.63) is 0 Å². The summed E-state index contributed by atoms with van der Waals surface area (Å²) in [6, 6.07) is -0.386. The molecule has 2 atom stereocenters. The van der Waals surface area contributed by atoms with Gasteiger partial charge in [0, 0.05) is 12.2 Å². The summed E-state index contributed by atoms with van der Waals surface area (Å²) in [4.78, 5) is 26.9. The van der Waals surface area contributed by atoms with Gasteiger partial charge in [0.1, 0.15) is 6.04 Å². The average Bonchev–Trinajstić information content (AvgIpc) is 2.92. The Kier molecular flexibility index (Phi) is 6.60. The third-order valence-electron chi connectivity index (χ3n) is 4.52. The van der Waals surface area contributed by atoms with Gasteiger partial charge >= 0.3 is 5.97 Å². The molecule has 1 saturated carbocycles. The highest BCUT2D eigenvalue weighted by molar-refractivity contribution is 8.00. The number of nitrogens with zero attached hydrogens (tertiary/aromatic N) is 1.